The third kappa shape index (κ3) is 6.34. The number of ether oxygens (including phenoxy) is 1. The maximum atomic E-state index is 11.7. The van der Waals surface area contributed by atoms with E-state index in [-0.39, 0.29) is 31.2 Å². The number of carboxylic acid groups (broad SMARTS) is 1. The Labute approximate surface area is 144 Å². The number of hydrogen-bond acceptors (Lipinski definition) is 4. The molecule has 2 amide bonds. The number of carbonyl (C=O) groups is 3. The molecule has 2 aromatic rings. The predicted molar refractivity (Wildman–Crippen MR) is 90.2 cm³/mol. The lowest BCUT2D eigenvalue weighted by Crippen LogP contribution is -2.38. The van der Waals surface area contributed by atoms with Gasteiger partial charge in [0.2, 0.25) is 5.91 Å². The molecular formula is C18H18N2O5. The summed E-state index contributed by atoms with van der Waals surface area (Å²) in [5.41, 5.74) is 0.942. The molecule has 0 radical (unpaired) electrons. The summed E-state index contributed by atoms with van der Waals surface area (Å²) in [4.78, 5) is 34.1. The van der Waals surface area contributed by atoms with Gasteiger partial charge in [0.25, 0.3) is 5.91 Å². The molecule has 3 N–H and O–H groups in total. The van der Waals surface area contributed by atoms with Crippen LogP contribution in [0.3, 0.4) is 0 Å². The highest BCUT2D eigenvalue weighted by Gasteiger charge is 2.07. The van der Waals surface area contributed by atoms with E-state index in [1.807, 2.05) is 6.07 Å². The minimum absolute atomic E-state index is 0.163. The topological polar surface area (TPSA) is 105 Å². The summed E-state index contributed by atoms with van der Waals surface area (Å²) in [7, 11) is 0. The largest absolute Gasteiger partial charge is 0.484 e. The van der Waals surface area contributed by atoms with Crippen LogP contribution in [-0.4, -0.2) is 36.0 Å². The second-order valence-corrected chi connectivity index (χ2v) is 5.16. The number of benzene rings is 2. The zero-order chi connectivity index (χ0) is 18.1. The van der Waals surface area contributed by atoms with Crippen LogP contribution in [-0.2, 0) is 16.1 Å². The quantitative estimate of drug-likeness (QED) is 0.668. The summed E-state index contributed by atoms with van der Waals surface area (Å²) in [6, 6.07) is 15.1. The monoisotopic (exact) mass is 342 g/mol. The van der Waals surface area contributed by atoms with Crippen LogP contribution in [0.25, 0.3) is 0 Å². The molecule has 0 saturated carbocycles. The molecule has 0 fully saturated rings. The molecule has 0 aromatic heterocycles. The lowest BCUT2D eigenvalue weighted by molar-refractivity contribution is -0.127. The van der Waals surface area contributed by atoms with Gasteiger partial charge in [0.15, 0.2) is 6.61 Å². The molecule has 0 bridgehead atoms. The average Bonchev–Trinajstić information content (AvgIpc) is 2.64. The van der Waals surface area contributed by atoms with E-state index in [2.05, 4.69) is 10.6 Å². The molecule has 0 unspecified atom stereocenters. The van der Waals surface area contributed by atoms with E-state index in [1.165, 1.54) is 12.1 Å². The molecule has 0 spiro atoms. The van der Waals surface area contributed by atoms with E-state index in [9.17, 15) is 14.4 Å². The van der Waals surface area contributed by atoms with Crippen LogP contribution in [0.1, 0.15) is 15.9 Å². The standard InChI is InChI=1S/C18H18N2O5/c21-16(19-10-13-6-8-14(9-7-13)18(23)24)11-20-17(22)12-25-15-4-2-1-3-5-15/h1-9H,10-12H2,(H,19,21)(H,20,22)(H,23,24). The maximum Gasteiger partial charge on any atom is 0.335 e. The van der Waals surface area contributed by atoms with Crippen molar-refractivity contribution in [1.29, 1.82) is 0 Å². The number of carboxylic acids is 1. The fourth-order valence-electron chi connectivity index (χ4n) is 1.92. The van der Waals surface area contributed by atoms with Crippen LogP contribution < -0.4 is 15.4 Å². The molecule has 0 aliphatic heterocycles. The minimum Gasteiger partial charge on any atom is -0.484 e. The van der Waals surface area contributed by atoms with E-state index in [4.69, 9.17) is 9.84 Å². The van der Waals surface area contributed by atoms with Gasteiger partial charge in [0, 0.05) is 6.54 Å². The first-order valence-electron chi connectivity index (χ1n) is 7.58. The van der Waals surface area contributed by atoms with Crippen molar-refractivity contribution in [1.82, 2.24) is 10.6 Å². The second kappa shape index (κ2) is 9.07. The van der Waals surface area contributed by atoms with Crippen LogP contribution in [0.4, 0.5) is 0 Å². The summed E-state index contributed by atoms with van der Waals surface area (Å²) in [6.45, 7) is -0.0900. The van der Waals surface area contributed by atoms with Crippen molar-refractivity contribution in [3.63, 3.8) is 0 Å². The summed E-state index contributed by atoms with van der Waals surface area (Å²) in [5.74, 6) is -1.18. The molecule has 0 heterocycles. The summed E-state index contributed by atoms with van der Waals surface area (Å²) >= 11 is 0. The highest BCUT2D eigenvalue weighted by atomic mass is 16.5. The van der Waals surface area contributed by atoms with Gasteiger partial charge in [-0.15, -0.1) is 0 Å². The Balaban J connectivity index is 1.66. The predicted octanol–water partition coefficient (Wildman–Crippen LogP) is 1.20. The van der Waals surface area contributed by atoms with Crippen LogP contribution in [0.15, 0.2) is 54.6 Å². The summed E-state index contributed by atoms with van der Waals surface area (Å²) in [6.07, 6.45) is 0. The summed E-state index contributed by atoms with van der Waals surface area (Å²) < 4.78 is 5.27. The van der Waals surface area contributed by atoms with Gasteiger partial charge >= 0.3 is 5.97 Å². The smallest absolute Gasteiger partial charge is 0.335 e. The SMILES string of the molecule is O=C(CNC(=O)COc1ccccc1)NCc1ccc(C(=O)O)cc1. The van der Waals surface area contributed by atoms with Gasteiger partial charge < -0.3 is 20.5 Å². The Kier molecular flexibility index (Phi) is 6.53. The fraction of sp³-hybridized carbons (Fsp3) is 0.167. The highest BCUT2D eigenvalue weighted by molar-refractivity contribution is 5.87. The first kappa shape index (κ1) is 18.0. The lowest BCUT2D eigenvalue weighted by Gasteiger charge is -2.08. The molecule has 25 heavy (non-hydrogen) atoms. The van der Waals surface area contributed by atoms with Crippen molar-refractivity contribution in [3.05, 3.63) is 65.7 Å². The van der Waals surface area contributed by atoms with E-state index in [0.29, 0.717) is 5.75 Å². The van der Waals surface area contributed by atoms with E-state index in [0.717, 1.165) is 5.56 Å². The number of hydrogen-bond donors (Lipinski definition) is 3. The van der Waals surface area contributed by atoms with Gasteiger partial charge in [-0.05, 0) is 29.8 Å². The molecule has 2 aromatic carbocycles. The van der Waals surface area contributed by atoms with Crippen molar-refractivity contribution >= 4 is 17.8 Å². The van der Waals surface area contributed by atoms with Gasteiger partial charge in [0.05, 0.1) is 12.1 Å². The Morgan fingerprint density at radius 2 is 1.56 bits per heavy atom. The van der Waals surface area contributed by atoms with Crippen LogP contribution in [0, 0.1) is 0 Å². The first-order valence-corrected chi connectivity index (χ1v) is 7.58. The molecule has 0 aliphatic rings. The van der Waals surface area contributed by atoms with Gasteiger partial charge in [-0.1, -0.05) is 30.3 Å². The number of rotatable bonds is 8. The Hall–Kier alpha value is -3.35. The number of amides is 2. The van der Waals surface area contributed by atoms with Gasteiger partial charge in [-0.3, -0.25) is 9.59 Å². The average molecular weight is 342 g/mol. The van der Waals surface area contributed by atoms with Crippen molar-refractivity contribution in [2.75, 3.05) is 13.2 Å². The molecule has 0 aliphatic carbocycles. The minimum atomic E-state index is -1.00. The fourth-order valence-corrected chi connectivity index (χ4v) is 1.92. The van der Waals surface area contributed by atoms with E-state index in [1.54, 1.807) is 36.4 Å². The molecule has 130 valence electrons. The first-order chi connectivity index (χ1) is 12.0. The number of nitrogens with one attached hydrogen (secondary N) is 2. The Morgan fingerprint density at radius 3 is 2.20 bits per heavy atom. The van der Waals surface area contributed by atoms with Crippen molar-refractivity contribution in [2.24, 2.45) is 0 Å². The lowest BCUT2D eigenvalue weighted by atomic mass is 10.1. The van der Waals surface area contributed by atoms with Gasteiger partial charge in [-0.25, -0.2) is 4.79 Å². The van der Waals surface area contributed by atoms with Crippen molar-refractivity contribution in [3.8, 4) is 5.75 Å². The zero-order valence-corrected chi connectivity index (χ0v) is 13.4. The van der Waals surface area contributed by atoms with Gasteiger partial charge in [-0.2, -0.15) is 0 Å². The van der Waals surface area contributed by atoms with Crippen molar-refractivity contribution in [2.45, 2.75) is 6.54 Å². The second-order valence-electron chi connectivity index (χ2n) is 5.16. The molecule has 7 nitrogen and oxygen atoms in total. The molecule has 0 atom stereocenters. The van der Waals surface area contributed by atoms with E-state index >= 15 is 0 Å². The number of aromatic carboxylic acids is 1. The third-order valence-corrected chi connectivity index (χ3v) is 3.25. The summed E-state index contributed by atoms with van der Waals surface area (Å²) in [5, 5.41) is 13.9. The van der Waals surface area contributed by atoms with Crippen LogP contribution in [0.2, 0.25) is 0 Å². The molecule has 7 heteroatoms. The number of para-hydroxylation sites is 1. The van der Waals surface area contributed by atoms with E-state index < -0.39 is 11.9 Å². The van der Waals surface area contributed by atoms with Crippen LogP contribution in [0.5, 0.6) is 5.75 Å². The Morgan fingerprint density at radius 1 is 0.880 bits per heavy atom. The highest BCUT2D eigenvalue weighted by Crippen LogP contribution is 2.07. The van der Waals surface area contributed by atoms with Crippen molar-refractivity contribution < 1.29 is 24.2 Å². The zero-order valence-electron chi connectivity index (χ0n) is 13.4. The Bertz CT molecular complexity index is 729. The van der Waals surface area contributed by atoms with Crippen LogP contribution >= 0.6 is 0 Å². The van der Waals surface area contributed by atoms with Gasteiger partial charge in [0.1, 0.15) is 5.75 Å². The maximum absolute atomic E-state index is 11.7. The molecule has 0 saturated heterocycles. The normalized spacial score (nSPS) is 9.92. The molecule has 2 rings (SSSR count). The number of carbonyl (C=O) groups excluding carboxylic acids is 2. The molecular weight excluding hydrogens is 324 g/mol. The third-order valence-electron chi connectivity index (χ3n) is 3.25.